The molecular weight excluding hydrogens is 1490 g/mol. The predicted molar refractivity (Wildman–Crippen MR) is 490 cm³/mol. The van der Waals surface area contributed by atoms with Crippen LogP contribution in [-0.2, 0) is 0 Å². The Morgan fingerprint density at radius 1 is 0.123 bits per heavy atom. The first-order chi connectivity index (χ1) is 60.3. The van der Waals surface area contributed by atoms with Crippen LogP contribution in [0.2, 0.25) is 0 Å². The summed E-state index contributed by atoms with van der Waals surface area (Å²) >= 11 is 0. The first-order valence-electron chi connectivity index (χ1n) is 40.4. The minimum atomic E-state index is 0.528. The molecule has 20 aromatic rings. The number of hydrogen-bond acceptors (Lipinski definition) is 12. The van der Waals surface area contributed by atoms with E-state index in [2.05, 4.69) is 200 Å². The van der Waals surface area contributed by atoms with E-state index < -0.39 is 0 Å². The molecule has 0 atom stereocenters. The molecule has 0 N–H and O–H groups in total. The Morgan fingerprint density at radius 2 is 0.303 bits per heavy atom. The SMILES string of the molecule is c1ccc(-c2ccc(-c3nc(-c4ccccc4)nc(-c4ccc(Oc5ccc(-c6nc(-c7ccccc7)nc(-c7ccc(-c8ccc(-c9cc(-c%10ccc(-c%11cc(-c%12ccccc%12)nc(-c%12ccccc%12)n%11)cc%10)ccc9Oc9ccc(-c%10ccc(-c%11cc(-c%12ccccc%12)nc(-c%12ccccc%12)n%11)cc%10)cc9)cc8)cc7)n6)cc5)cc4)n3)cc2)cc1. The van der Waals surface area contributed by atoms with Crippen LogP contribution in [0.3, 0.4) is 0 Å². The van der Waals surface area contributed by atoms with Crippen molar-refractivity contribution in [1.82, 2.24) is 49.8 Å². The quantitative estimate of drug-likeness (QED) is 0.0674. The molecule has 4 aromatic heterocycles. The van der Waals surface area contributed by atoms with Crippen molar-refractivity contribution in [2.24, 2.45) is 0 Å². The monoisotopic (exact) mass is 1560 g/mol. The van der Waals surface area contributed by atoms with Gasteiger partial charge in [-0.25, -0.2) is 49.8 Å². The van der Waals surface area contributed by atoms with E-state index >= 15 is 0 Å². The van der Waals surface area contributed by atoms with Gasteiger partial charge in [-0.15, -0.1) is 0 Å². The van der Waals surface area contributed by atoms with Gasteiger partial charge in [-0.3, -0.25) is 0 Å². The number of nitrogens with zero attached hydrogens (tertiary/aromatic N) is 10. The zero-order valence-corrected chi connectivity index (χ0v) is 65.9. The number of ether oxygens (including phenoxy) is 2. The van der Waals surface area contributed by atoms with Crippen LogP contribution in [0.4, 0.5) is 0 Å². The van der Waals surface area contributed by atoms with Crippen molar-refractivity contribution in [3.63, 3.8) is 0 Å². The lowest BCUT2D eigenvalue weighted by Crippen LogP contribution is -2.00. The maximum absolute atomic E-state index is 6.95. The highest BCUT2D eigenvalue weighted by molar-refractivity contribution is 5.83. The molecule has 12 heteroatoms. The first kappa shape index (κ1) is 74.1. The molecule has 16 aromatic carbocycles. The highest BCUT2D eigenvalue weighted by Crippen LogP contribution is 2.42. The zero-order valence-electron chi connectivity index (χ0n) is 65.9. The van der Waals surface area contributed by atoms with E-state index in [0.29, 0.717) is 69.6 Å². The Morgan fingerprint density at radius 3 is 0.598 bits per heavy atom. The molecule has 0 radical (unpaired) electrons. The number of aromatic nitrogens is 10. The predicted octanol–water partition coefficient (Wildman–Crippen LogP) is 27.6. The third-order valence-electron chi connectivity index (χ3n) is 21.5. The molecule has 0 aliphatic carbocycles. The lowest BCUT2D eigenvalue weighted by atomic mass is 9.95. The summed E-state index contributed by atoms with van der Waals surface area (Å²) in [6.45, 7) is 0. The maximum Gasteiger partial charge on any atom is 0.164 e. The van der Waals surface area contributed by atoms with Crippen molar-refractivity contribution >= 4 is 0 Å². The Bertz CT molecular complexity index is 6940. The van der Waals surface area contributed by atoms with E-state index in [1.54, 1.807) is 0 Å². The van der Waals surface area contributed by atoms with Gasteiger partial charge in [0.2, 0.25) is 0 Å². The number of hydrogen-bond donors (Lipinski definition) is 0. The van der Waals surface area contributed by atoms with Gasteiger partial charge in [0.05, 0.1) is 22.8 Å². The second kappa shape index (κ2) is 33.9. The molecule has 0 aliphatic heterocycles. The maximum atomic E-state index is 6.95. The van der Waals surface area contributed by atoms with Crippen molar-refractivity contribution in [1.29, 1.82) is 0 Å². The lowest BCUT2D eigenvalue weighted by molar-refractivity contribution is 0.483. The average molecular weight is 1570 g/mol. The van der Waals surface area contributed by atoms with E-state index in [1.165, 1.54) is 0 Å². The van der Waals surface area contributed by atoms with Gasteiger partial charge in [0.1, 0.15) is 23.0 Å². The summed E-state index contributed by atoms with van der Waals surface area (Å²) in [6.07, 6.45) is 0. The highest BCUT2D eigenvalue weighted by atomic mass is 16.5. The Hall–Kier alpha value is -16.7. The van der Waals surface area contributed by atoms with Gasteiger partial charge in [0, 0.05) is 72.3 Å². The minimum Gasteiger partial charge on any atom is -0.457 e. The molecule has 0 spiro atoms. The molecule has 122 heavy (non-hydrogen) atoms. The lowest BCUT2D eigenvalue weighted by Gasteiger charge is -2.15. The standard InChI is InChI=1S/C110H72N10O2/c1-8-22-73(23-9-1)74-42-52-89(53-43-74)107-115-105(87-32-18-6-19-33-87)117-109(119-107)91-58-65-94(66-59-91)121-95-67-60-92(61-68-95)110-118-106(88-34-20-7-21-35-88)116-108(120-110)90-54-44-77(45-55-90)75-36-46-80(47-37-75)97-70-93(79-40-50-84(51-41-79)101-72-99(82-26-12-3-13-27-82)112-104(114-101)86-30-16-5-17-31-86)62-69-102(97)122-96-63-56-78(57-64-96)76-38-48-83(49-39-76)100-71-98(81-24-10-2-11-25-81)111-103(113-100)85-28-14-4-15-29-85/h1-72H. The van der Waals surface area contributed by atoms with Crippen molar-refractivity contribution in [2.75, 3.05) is 0 Å². The fraction of sp³-hybridized carbons (Fsp3) is 0. The van der Waals surface area contributed by atoms with Crippen LogP contribution >= 0.6 is 0 Å². The molecular formula is C110H72N10O2. The molecule has 0 amide bonds. The molecule has 0 fully saturated rings. The third kappa shape index (κ3) is 16.5. The van der Waals surface area contributed by atoms with Crippen LogP contribution in [-0.4, -0.2) is 49.8 Å². The summed E-state index contributed by atoms with van der Waals surface area (Å²) in [6, 6.07) is 148. The number of rotatable bonds is 21. The molecule has 12 nitrogen and oxygen atoms in total. The van der Waals surface area contributed by atoms with Crippen LogP contribution in [0.1, 0.15) is 0 Å². The third-order valence-corrected chi connectivity index (χ3v) is 21.5. The molecule has 0 saturated carbocycles. The fourth-order valence-corrected chi connectivity index (χ4v) is 14.9. The molecule has 0 unspecified atom stereocenters. The van der Waals surface area contributed by atoms with Gasteiger partial charge < -0.3 is 9.47 Å². The van der Waals surface area contributed by atoms with E-state index in [0.717, 1.165) is 145 Å². The van der Waals surface area contributed by atoms with Crippen LogP contribution in [0.25, 0.3) is 192 Å². The molecule has 574 valence electrons. The second-order valence-electron chi connectivity index (χ2n) is 29.5. The summed E-state index contributed by atoms with van der Waals surface area (Å²) in [7, 11) is 0. The summed E-state index contributed by atoms with van der Waals surface area (Å²) in [4.78, 5) is 50.5. The summed E-state index contributed by atoms with van der Waals surface area (Å²) in [5.41, 5.74) is 24.9. The van der Waals surface area contributed by atoms with E-state index in [4.69, 9.17) is 59.3 Å². The van der Waals surface area contributed by atoms with Crippen LogP contribution < -0.4 is 9.47 Å². The average Bonchev–Trinajstić information content (AvgIpc) is 0.805. The van der Waals surface area contributed by atoms with Crippen molar-refractivity contribution in [3.05, 3.63) is 437 Å². The Kier molecular flexibility index (Phi) is 20.6. The van der Waals surface area contributed by atoms with Crippen molar-refractivity contribution < 1.29 is 9.47 Å². The summed E-state index contributed by atoms with van der Waals surface area (Å²) < 4.78 is 13.4. The topological polar surface area (TPSA) is 147 Å². The summed E-state index contributed by atoms with van der Waals surface area (Å²) in [5.74, 6) is 7.42. The molecule has 20 rings (SSSR count). The Labute approximate surface area is 706 Å². The summed E-state index contributed by atoms with van der Waals surface area (Å²) in [5, 5.41) is 0. The molecule has 0 bridgehead atoms. The molecule has 4 heterocycles. The van der Waals surface area contributed by atoms with Gasteiger partial charge in [-0.1, -0.05) is 352 Å². The van der Waals surface area contributed by atoms with E-state index in [9.17, 15) is 0 Å². The fourth-order valence-electron chi connectivity index (χ4n) is 14.9. The van der Waals surface area contributed by atoms with Gasteiger partial charge >= 0.3 is 0 Å². The van der Waals surface area contributed by atoms with E-state index in [-0.39, 0.29) is 0 Å². The zero-order chi connectivity index (χ0) is 81.3. The van der Waals surface area contributed by atoms with Gasteiger partial charge in [0.25, 0.3) is 0 Å². The smallest absolute Gasteiger partial charge is 0.164 e. The number of benzene rings is 16. The van der Waals surface area contributed by atoms with Crippen LogP contribution in [0.5, 0.6) is 23.0 Å². The second-order valence-corrected chi connectivity index (χ2v) is 29.5. The first-order valence-corrected chi connectivity index (χ1v) is 40.4. The highest BCUT2D eigenvalue weighted by Gasteiger charge is 2.20. The van der Waals surface area contributed by atoms with E-state index in [1.807, 2.05) is 237 Å². The normalized spacial score (nSPS) is 11.1. The molecule has 0 aliphatic rings. The minimum absolute atomic E-state index is 0.528. The van der Waals surface area contributed by atoms with Crippen molar-refractivity contribution in [3.8, 4) is 215 Å². The van der Waals surface area contributed by atoms with Crippen molar-refractivity contribution in [2.45, 2.75) is 0 Å². The van der Waals surface area contributed by atoms with Crippen LogP contribution in [0.15, 0.2) is 437 Å². The van der Waals surface area contributed by atoms with Crippen LogP contribution in [0, 0.1) is 0 Å². The van der Waals surface area contributed by atoms with Gasteiger partial charge in [-0.05, 0) is 135 Å². The Balaban J connectivity index is 0.566. The van der Waals surface area contributed by atoms with Gasteiger partial charge in [0.15, 0.2) is 46.6 Å². The largest absolute Gasteiger partial charge is 0.457 e. The van der Waals surface area contributed by atoms with Gasteiger partial charge in [-0.2, -0.15) is 0 Å². The molecule has 0 saturated heterocycles.